The molecular formula is C14H11BrO3. The summed E-state index contributed by atoms with van der Waals surface area (Å²) in [7, 11) is 0. The number of benzene rings is 1. The molecule has 3 rings (SSSR count). The molecule has 0 unspecified atom stereocenters. The van der Waals surface area contributed by atoms with Gasteiger partial charge in [0.05, 0.1) is 6.26 Å². The van der Waals surface area contributed by atoms with Crippen molar-refractivity contribution in [2.45, 2.75) is 19.3 Å². The van der Waals surface area contributed by atoms with Crippen LogP contribution in [0.15, 0.2) is 38.1 Å². The van der Waals surface area contributed by atoms with Crippen LogP contribution < -0.4 is 5.43 Å². The molecule has 0 saturated heterocycles. The molecule has 0 atom stereocenters. The van der Waals surface area contributed by atoms with E-state index in [2.05, 4.69) is 15.9 Å². The summed E-state index contributed by atoms with van der Waals surface area (Å²) in [6.45, 7) is 0. The number of aryl methyl sites for hydroxylation is 1. The second-order valence-corrected chi connectivity index (χ2v) is 5.28. The summed E-state index contributed by atoms with van der Waals surface area (Å²) in [5.74, 6) is 1.25. The third-order valence-corrected chi connectivity index (χ3v) is 3.88. The molecule has 3 nitrogen and oxygen atoms in total. The van der Waals surface area contributed by atoms with E-state index in [4.69, 9.17) is 4.42 Å². The Morgan fingerprint density at radius 3 is 2.89 bits per heavy atom. The molecule has 3 aliphatic rings. The molecule has 0 bridgehead atoms. The van der Waals surface area contributed by atoms with Gasteiger partial charge in [0.1, 0.15) is 11.5 Å². The summed E-state index contributed by atoms with van der Waals surface area (Å²) in [6, 6.07) is 5.04. The molecule has 0 spiro atoms. The van der Waals surface area contributed by atoms with Crippen molar-refractivity contribution in [1.29, 1.82) is 0 Å². The Kier molecular flexibility index (Phi) is 2.74. The van der Waals surface area contributed by atoms with Crippen molar-refractivity contribution < 1.29 is 9.52 Å². The first-order valence-electron chi connectivity index (χ1n) is 5.79. The molecule has 0 fully saturated rings. The Hall–Kier alpha value is -1.55. The molecule has 1 N–H and O–H groups in total. The number of fused-ring (bicyclic) bond motifs is 2. The van der Waals surface area contributed by atoms with Crippen molar-refractivity contribution in [1.82, 2.24) is 0 Å². The van der Waals surface area contributed by atoms with Crippen molar-refractivity contribution in [3.8, 4) is 11.3 Å². The van der Waals surface area contributed by atoms with Crippen molar-refractivity contribution in [2.24, 2.45) is 0 Å². The fourth-order valence-electron chi connectivity index (χ4n) is 2.37. The van der Waals surface area contributed by atoms with E-state index in [0.717, 1.165) is 46.7 Å². The Balaban J connectivity index is 2.34. The molecule has 2 aliphatic carbocycles. The minimum atomic E-state index is -0.0941. The fraction of sp³-hybridized carbons (Fsp3) is 0.214. The first-order valence-corrected chi connectivity index (χ1v) is 6.58. The summed E-state index contributed by atoms with van der Waals surface area (Å²) >= 11 is 3.38. The van der Waals surface area contributed by atoms with Gasteiger partial charge in [-0.15, -0.1) is 0 Å². The molecule has 1 heterocycles. The van der Waals surface area contributed by atoms with Crippen LogP contribution in [-0.2, 0) is 6.42 Å². The number of hydrogen-bond donors (Lipinski definition) is 1. The molecule has 0 radical (unpaired) electrons. The van der Waals surface area contributed by atoms with Gasteiger partial charge in [-0.1, -0.05) is 0 Å². The van der Waals surface area contributed by atoms with Crippen LogP contribution in [0.4, 0.5) is 0 Å². The maximum absolute atomic E-state index is 11.5. The van der Waals surface area contributed by atoms with Gasteiger partial charge >= 0.3 is 0 Å². The number of aliphatic hydroxyl groups is 1. The topological polar surface area (TPSA) is 50.4 Å². The highest BCUT2D eigenvalue weighted by Gasteiger charge is 2.21. The highest BCUT2D eigenvalue weighted by Crippen LogP contribution is 2.37. The normalized spacial score (nSPS) is 17.1. The van der Waals surface area contributed by atoms with Crippen LogP contribution in [0.2, 0.25) is 0 Å². The lowest BCUT2D eigenvalue weighted by Gasteiger charge is -2.19. The smallest absolute Gasteiger partial charge is 0.183 e. The Morgan fingerprint density at radius 1 is 1.28 bits per heavy atom. The van der Waals surface area contributed by atoms with Crippen molar-refractivity contribution in [2.75, 3.05) is 0 Å². The van der Waals surface area contributed by atoms with E-state index in [-0.39, 0.29) is 5.43 Å². The standard InChI is InChI=1S/C14H11BrO3/c15-12-5-10(17)6-13-11(12)4-8-2-1-3-9(7-16)14(8)18-13/h4-7,16H,1-3H2. The molecule has 0 aromatic carbocycles. The van der Waals surface area contributed by atoms with E-state index in [1.807, 2.05) is 6.07 Å². The lowest BCUT2D eigenvalue weighted by molar-refractivity contribution is 0.464. The van der Waals surface area contributed by atoms with Crippen molar-refractivity contribution in [3.05, 3.63) is 50.5 Å². The number of allylic oxidation sites excluding steroid dienone is 1. The SMILES string of the molecule is O=c1cc2oc3c(cc-2c(Br)c1)CCCC3=CO. The van der Waals surface area contributed by atoms with Gasteiger partial charge in [0.25, 0.3) is 0 Å². The number of hydrogen-bond acceptors (Lipinski definition) is 3. The number of aliphatic hydroxyl groups excluding tert-OH is 1. The van der Waals surface area contributed by atoms with E-state index in [1.54, 1.807) is 0 Å². The second kappa shape index (κ2) is 4.28. The maximum Gasteiger partial charge on any atom is 0.183 e. The van der Waals surface area contributed by atoms with Gasteiger partial charge in [-0.2, -0.15) is 0 Å². The van der Waals surface area contributed by atoms with Gasteiger partial charge in [0.2, 0.25) is 0 Å². The van der Waals surface area contributed by atoms with Gasteiger partial charge in [-0.3, -0.25) is 4.79 Å². The Labute approximate surface area is 112 Å². The average molecular weight is 307 g/mol. The minimum absolute atomic E-state index is 0.0941. The summed E-state index contributed by atoms with van der Waals surface area (Å²) in [5, 5.41) is 9.23. The van der Waals surface area contributed by atoms with Crippen LogP contribution in [0.5, 0.6) is 0 Å². The van der Waals surface area contributed by atoms with Gasteiger partial charge in [0.15, 0.2) is 5.43 Å². The van der Waals surface area contributed by atoms with Gasteiger partial charge in [0, 0.05) is 27.7 Å². The zero-order chi connectivity index (χ0) is 12.7. The Bertz CT molecular complexity index is 670. The van der Waals surface area contributed by atoms with E-state index < -0.39 is 0 Å². The molecule has 0 saturated carbocycles. The van der Waals surface area contributed by atoms with Crippen LogP contribution >= 0.6 is 15.9 Å². The lowest BCUT2D eigenvalue weighted by atomic mass is 9.91. The molecule has 18 heavy (non-hydrogen) atoms. The van der Waals surface area contributed by atoms with Gasteiger partial charge in [-0.25, -0.2) is 0 Å². The monoisotopic (exact) mass is 306 g/mol. The maximum atomic E-state index is 11.5. The predicted octanol–water partition coefficient (Wildman–Crippen LogP) is 3.74. The lowest BCUT2D eigenvalue weighted by Crippen LogP contribution is -2.06. The summed E-state index contributed by atoms with van der Waals surface area (Å²) in [6.07, 6.45) is 3.83. The Morgan fingerprint density at radius 2 is 2.11 bits per heavy atom. The largest absolute Gasteiger partial charge is 0.515 e. The van der Waals surface area contributed by atoms with Crippen molar-refractivity contribution in [3.63, 3.8) is 0 Å². The summed E-state index contributed by atoms with van der Waals surface area (Å²) in [5.41, 5.74) is 2.68. The molecular weight excluding hydrogens is 296 g/mol. The third-order valence-electron chi connectivity index (χ3n) is 3.23. The predicted molar refractivity (Wildman–Crippen MR) is 72.8 cm³/mol. The third kappa shape index (κ3) is 1.77. The highest BCUT2D eigenvalue weighted by molar-refractivity contribution is 9.10. The first kappa shape index (κ1) is 11.5. The molecule has 4 heteroatoms. The molecule has 0 amide bonds. The minimum Gasteiger partial charge on any atom is -0.515 e. The second-order valence-electron chi connectivity index (χ2n) is 4.43. The molecule has 92 valence electrons. The van der Waals surface area contributed by atoms with Crippen LogP contribution in [0, 0.1) is 0 Å². The highest BCUT2D eigenvalue weighted by atomic mass is 79.9. The van der Waals surface area contributed by atoms with E-state index >= 15 is 0 Å². The van der Waals surface area contributed by atoms with E-state index in [0.29, 0.717) is 11.5 Å². The average Bonchev–Trinajstić information content (AvgIpc) is 2.36. The number of halogens is 1. The van der Waals surface area contributed by atoms with Crippen LogP contribution in [0.25, 0.3) is 16.9 Å². The van der Waals surface area contributed by atoms with E-state index in [9.17, 15) is 9.90 Å². The molecule has 0 aromatic heterocycles. The zero-order valence-electron chi connectivity index (χ0n) is 9.57. The van der Waals surface area contributed by atoms with Gasteiger partial charge in [-0.05, 0) is 46.8 Å². The zero-order valence-corrected chi connectivity index (χ0v) is 11.2. The van der Waals surface area contributed by atoms with Gasteiger partial charge < -0.3 is 9.52 Å². The first-order chi connectivity index (χ1) is 8.69. The quantitative estimate of drug-likeness (QED) is 0.754. The fourth-order valence-corrected chi connectivity index (χ4v) is 2.91. The van der Waals surface area contributed by atoms with Crippen LogP contribution in [0.1, 0.15) is 24.2 Å². The van der Waals surface area contributed by atoms with Crippen molar-refractivity contribution >= 4 is 21.5 Å². The molecule has 1 aliphatic heterocycles. The summed E-state index contributed by atoms with van der Waals surface area (Å²) < 4.78 is 6.54. The summed E-state index contributed by atoms with van der Waals surface area (Å²) in [4.78, 5) is 11.5. The molecule has 0 aromatic rings. The van der Waals surface area contributed by atoms with Crippen LogP contribution in [-0.4, -0.2) is 5.11 Å². The van der Waals surface area contributed by atoms with Crippen LogP contribution in [0.3, 0.4) is 0 Å². The number of rotatable bonds is 0. The van der Waals surface area contributed by atoms with E-state index in [1.165, 1.54) is 12.1 Å².